The molecule has 2 heteroatoms. The Morgan fingerprint density at radius 1 is 0.615 bits per heavy atom. The smallest absolute Gasteiger partial charge is 0.109 e. The molecule has 2 unspecified atom stereocenters. The summed E-state index contributed by atoms with van der Waals surface area (Å²) in [7, 11) is 0. The van der Waals surface area contributed by atoms with Gasteiger partial charge in [0.05, 0.1) is 0 Å². The van der Waals surface area contributed by atoms with E-state index in [-0.39, 0.29) is 10.8 Å². The van der Waals surface area contributed by atoms with Crippen molar-refractivity contribution in [2.24, 2.45) is 0 Å². The normalized spacial score (nSPS) is 15.0. The van der Waals surface area contributed by atoms with E-state index in [4.69, 9.17) is 0 Å². The fourth-order valence-electron chi connectivity index (χ4n) is 3.50. The standard InChI is InChI=1S/C24H34O2/c1-15-9-11-17(19(13-15)23(3,4)5)21(25)22(26)18-12-10-16(2)14-20(18)24(6,7)8/h9-14,21-22,25-26H,1-8H3. The first-order chi connectivity index (χ1) is 11.8. The Morgan fingerprint density at radius 3 is 1.19 bits per heavy atom. The van der Waals surface area contributed by atoms with Crippen molar-refractivity contribution in [2.45, 2.75) is 78.4 Å². The first-order valence-electron chi connectivity index (χ1n) is 9.40. The topological polar surface area (TPSA) is 40.5 Å². The molecule has 0 amide bonds. The van der Waals surface area contributed by atoms with E-state index in [0.29, 0.717) is 0 Å². The summed E-state index contributed by atoms with van der Waals surface area (Å²) < 4.78 is 0. The number of hydrogen-bond acceptors (Lipinski definition) is 2. The van der Waals surface area contributed by atoms with Gasteiger partial charge >= 0.3 is 0 Å². The van der Waals surface area contributed by atoms with Crippen LogP contribution in [-0.2, 0) is 10.8 Å². The van der Waals surface area contributed by atoms with Gasteiger partial charge < -0.3 is 10.2 Å². The highest BCUT2D eigenvalue weighted by Crippen LogP contribution is 2.39. The van der Waals surface area contributed by atoms with E-state index in [2.05, 4.69) is 67.5 Å². The molecule has 2 atom stereocenters. The van der Waals surface area contributed by atoms with Gasteiger partial charge in [0, 0.05) is 0 Å². The highest BCUT2D eigenvalue weighted by molar-refractivity contribution is 5.42. The lowest BCUT2D eigenvalue weighted by molar-refractivity contribution is 0.0152. The largest absolute Gasteiger partial charge is 0.385 e. The molecule has 2 aromatic carbocycles. The van der Waals surface area contributed by atoms with Crippen LogP contribution >= 0.6 is 0 Å². The van der Waals surface area contributed by atoms with E-state index >= 15 is 0 Å². The lowest BCUT2D eigenvalue weighted by atomic mass is 9.77. The molecule has 0 bridgehead atoms. The van der Waals surface area contributed by atoms with Crippen LogP contribution in [0.3, 0.4) is 0 Å². The number of benzene rings is 2. The van der Waals surface area contributed by atoms with Crippen LogP contribution in [0.2, 0.25) is 0 Å². The van der Waals surface area contributed by atoms with Gasteiger partial charge in [-0.05, 0) is 46.9 Å². The van der Waals surface area contributed by atoms with Crippen LogP contribution in [0.25, 0.3) is 0 Å². The van der Waals surface area contributed by atoms with Crippen LogP contribution in [0.5, 0.6) is 0 Å². The van der Waals surface area contributed by atoms with E-state index in [1.807, 2.05) is 24.3 Å². The van der Waals surface area contributed by atoms with Gasteiger partial charge in [-0.1, -0.05) is 89.1 Å². The Labute approximate surface area is 158 Å². The van der Waals surface area contributed by atoms with Crippen molar-refractivity contribution in [1.29, 1.82) is 0 Å². The second-order valence-corrected chi connectivity index (χ2v) is 9.57. The predicted octanol–water partition coefficient (Wildman–Crippen LogP) is 5.67. The SMILES string of the molecule is Cc1ccc(C(O)C(O)c2ccc(C)cc2C(C)(C)C)c(C(C)(C)C)c1. The molecule has 0 saturated carbocycles. The lowest BCUT2D eigenvalue weighted by Gasteiger charge is -2.31. The second-order valence-electron chi connectivity index (χ2n) is 9.57. The summed E-state index contributed by atoms with van der Waals surface area (Å²) in [4.78, 5) is 0. The molecule has 2 N–H and O–H groups in total. The zero-order chi connectivity index (χ0) is 19.9. The molecule has 0 saturated heterocycles. The van der Waals surface area contributed by atoms with Crippen molar-refractivity contribution in [3.63, 3.8) is 0 Å². The maximum atomic E-state index is 11.1. The van der Waals surface area contributed by atoms with Gasteiger partial charge in [-0.25, -0.2) is 0 Å². The Morgan fingerprint density at radius 2 is 0.923 bits per heavy atom. The first kappa shape index (κ1) is 20.7. The summed E-state index contributed by atoms with van der Waals surface area (Å²) in [5.74, 6) is 0. The molecule has 0 spiro atoms. The van der Waals surface area contributed by atoms with Crippen molar-refractivity contribution in [2.75, 3.05) is 0 Å². The van der Waals surface area contributed by atoms with Crippen LogP contribution < -0.4 is 0 Å². The number of rotatable bonds is 3. The molecule has 0 aromatic heterocycles. The molecule has 142 valence electrons. The Kier molecular flexibility index (Phi) is 5.70. The van der Waals surface area contributed by atoms with Crippen molar-refractivity contribution >= 4 is 0 Å². The van der Waals surface area contributed by atoms with Crippen molar-refractivity contribution in [1.82, 2.24) is 0 Å². The molecule has 26 heavy (non-hydrogen) atoms. The van der Waals surface area contributed by atoms with Crippen LogP contribution in [0, 0.1) is 13.8 Å². The third-order valence-electron chi connectivity index (χ3n) is 4.97. The number of aliphatic hydroxyl groups is 2. The fraction of sp³-hybridized carbons (Fsp3) is 0.500. The monoisotopic (exact) mass is 354 g/mol. The summed E-state index contributed by atoms with van der Waals surface area (Å²) in [5, 5.41) is 22.2. The van der Waals surface area contributed by atoms with E-state index in [1.54, 1.807) is 0 Å². The van der Waals surface area contributed by atoms with Gasteiger partial charge in [0.25, 0.3) is 0 Å². The summed E-state index contributed by atoms with van der Waals surface area (Å²) >= 11 is 0. The minimum absolute atomic E-state index is 0.109. The summed E-state index contributed by atoms with van der Waals surface area (Å²) in [6, 6.07) is 12.1. The number of aliphatic hydroxyl groups excluding tert-OH is 2. The average Bonchev–Trinajstić information content (AvgIpc) is 2.51. The summed E-state index contributed by atoms with van der Waals surface area (Å²) in [6.45, 7) is 16.9. The molecule has 0 aliphatic carbocycles. The van der Waals surface area contributed by atoms with Gasteiger partial charge in [-0.3, -0.25) is 0 Å². The Bertz CT molecular complexity index is 708. The summed E-state index contributed by atoms with van der Waals surface area (Å²) in [6.07, 6.45) is -1.93. The highest BCUT2D eigenvalue weighted by atomic mass is 16.3. The summed E-state index contributed by atoms with van der Waals surface area (Å²) in [5.41, 5.74) is 5.86. The van der Waals surface area contributed by atoms with Crippen molar-refractivity contribution in [3.8, 4) is 0 Å². The third kappa shape index (κ3) is 4.36. The van der Waals surface area contributed by atoms with E-state index < -0.39 is 12.2 Å². The van der Waals surface area contributed by atoms with Crippen molar-refractivity contribution in [3.05, 3.63) is 69.8 Å². The van der Waals surface area contributed by atoms with Gasteiger partial charge in [-0.2, -0.15) is 0 Å². The number of aryl methyl sites for hydroxylation is 2. The highest BCUT2D eigenvalue weighted by Gasteiger charge is 2.30. The maximum absolute atomic E-state index is 11.1. The minimum Gasteiger partial charge on any atom is -0.385 e. The molecule has 2 nitrogen and oxygen atoms in total. The van der Waals surface area contributed by atoms with E-state index in [9.17, 15) is 10.2 Å². The molecule has 0 aliphatic heterocycles. The van der Waals surface area contributed by atoms with Crippen LogP contribution in [-0.4, -0.2) is 10.2 Å². The number of hydrogen-bond donors (Lipinski definition) is 2. The van der Waals surface area contributed by atoms with Gasteiger partial charge in [0.15, 0.2) is 0 Å². The van der Waals surface area contributed by atoms with Crippen LogP contribution in [0.1, 0.15) is 87.1 Å². The lowest BCUT2D eigenvalue weighted by Crippen LogP contribution is -2.22. The molecule has 0 fully saturated rings. The maximum Gasteiger partial charge on any atom is 0.109 e. The molecule has 2 aromatic rings. The molecular weight excluding hydrogens is 320 g/mol. The van der Waals surface area contributed by atoms with Gasteiger partial charge in [-0.15, -0.1) is 0 Å². The zero-order valence-corrected chi connectivity index (χ0v) is 17.5. The van der Waals surface area contributed by atoms with Gasteiger partial charge in [0.2, 0.25) is 0 Å². The quantitative estimate of drug-likeness (QED) is 0.746. The molecular formula is C24H34O2. The third-order valence-corrected chi connectivity index (χ3v) is 4.97. The van der Waals surface area contributed by atoms with Crippen LogP contribution in [0.15, 0.2) is 36.4 Å². The zero-order valence-electron chi connectivity index (χ0n) is 17.5. The molecule has 0 radical (unpaired) electrons. The van der Waals surface area contributed by atoms with Gasteiger partial charge in [0.1, 0.15) is 12.2 Å². The fourth-order valence-corrected chi connectivity index (χ4v) is 3.50. The minimum atomic E-state index is -0.964. The van der Waals surface area contributed by atoms with E-state index in [0.717, 1.165) is 33.4 Å². The average molecular weight is 355 g/mol. The molecule has 0 aliphatic rings. The first-order valence-corrected chi connectivity index (χ1v) is 9.40. The predicted molar refractivity (Wildman–Crippen MR) is 110 cm³/mol. The Hall–Kier alpha value is -1.64. The van der Waals surface area contributed by atoms with Crippen LogP contribution in [0.4, 0.5) is 0 Å². The Balaban J connectivity index is 2.55. The van der Waals surface area contributed by atoms with E-state index in [1.165, 1.54) is 0 Å². The second kappa shape index (κ2) is 7.17. The molecule has 2 rings (SSSR count). The molecule has 0 heterocycles. The van der Waals surface area contributed by atoms with Crippen molar-refractivity contribution < 1.29 is 10.2 Å².